The molecule has 0 spiro atoms. The first kappa shape index (κ1) is 19.9. The normalized spacial score (nSPS) is 10.1. The Bertz CT molecular complexity index is 956. The summed E-state index contributed by atoms with van der Waals surface area (Å²) in [5, 5.41) is 5.61. The van der Waals surface area contributed by atoms with Crippen molar-refractivity contribution in [1.29, 1.82) is 0 Å². The molecule has 0 saturated carbocycles. The summed E-state index contributed by atoms with van der Waals surface area (Å²) in [6.07, 6.45) is 0.227. The molecule has 148 valence electrons. The van der Waals surface area contributed by atoms with Gasteiger partial charge in [-0.3, -0.25) is 9.59 Å². The Kier molecular flexibility index (Phi) is 6.84. The minimum absolute atomic E-state index is 0.160. The van der Waals surface area contributed by atoms with E-state index in [0.717, 1.165) is 5.75 Å². The maximum Gasteiger partial charge on any atom is 0.255 e. The number of para-hydroxylation sites is 3. The molecule has 3 aromatic rings. The second-order valence-corrected chi connectivity index (χ2v) is 6.19. The predicted molar refractivity (Wildman–Crippen MR) is 113 cm³/mol. The van der Waals surface area contributed by atoms with Crippen LogP contribution in [0.1, 0.15) is 16.8 Å². The zero-order chi connectivity index (χ0) is 20.5. The number of carbonyl (C=O) groups excluding carboxylic acids is 2. The van der Waals surface area contributed by atoms with E-state index in [1.54, 1.807) is 43.5 Å². The van der Waals surface area contributed by atoms with Gasteiger partial charge >= 0.3 is 0 Å². The summed E-state index contributed by atoms with van der Waals surface area (Å²) in [6, 6.07) is 23.2. The molecule has 0 atom stereocenters. The summed E-state index contributed by atoms with van der Waals surface area (Å²) in [7, 11) is 1.55. The number of amides is 2. The molecule has 3 aromatic carbocycles. The summed E-state index contributed by atoms with van der Waals surface area (Å²) >= 11 is 0. The van der Waals surface area contributed by atoms with Crippen LogP contribution in [-0.2, 0) is 4.79 Å². The summed E-state index contributed by atoms with van der Waals surface area (Å²) in [6.45, 7) is 0.287. The van der Waals surface area contributed by atoms with Crippen molar-refractivity contribution in [3.05, 3.63) is 84.4 Å². The fraction of sp³-hybridized carbons (Fsp3) is 0.130. The van der Waals surface area contributed by atoms with Gasteiger partial charge in [0.25, 0.3) is 5.91 Å². The van der Waals surface area contributed by atoms with Gasteiger partial charge in [-0.15, -0.1) is 0 Å². The van der Waals surface area contributed by atoms with Gasteiger partial charge in [-0.2, -0.15) is 0 Å². The fourth-order valence-electron chi connectivity index (χ4n) is 2.65. The molecule has 0 saturated heterocycles. The molecule has 0 aliphatic rings. The Morgan fingerprint density at radius 3 is 2.24 bits per heavy atom. The lowest BCUT2D eigenvalue weighted by Crippen LogP contribution is -2.16. The highest BCUT2D eigenvalue weighted by Gasteiger charge is 2.10. The van der Waals surface area contributed by atoms with Crippen LogP contribution < -0.4 is 20.1 Å². The molecule has 0 radical (unpaired) electrons. The molecule has 0 fully saturated rings. The summed E-state index contributed by atoms with van der Waals surface area (Å²) in [5.41, 5.74) is 1.68. The second kappa shape index (κ2) is 9.94. The highest BCUT2D eigenvalue weighted by molar-refractivity contribution is 6.05. The molecule has 29 heavy (non-hydrogen) atoms. The molecule has 0 unspecified atom stereocenters. The van der Waals surface area contributed by atoms with E-state index in [1.807, 2.05) is 42.5 Å². The average Bonchev–Trinajstić information content (AvgIpc) is 2.75. The molecule has 0 aromatic heterocycles. The number of rotatable bonds is 8. The molecule has 0 aliphatic carbocycles. The number of benzene rings is 3. The molecule has 3 rings (SSSR count). The van der Waals surface area contributed by atoms with Gasteiger partial charge in [-0.1, -0.05) is 30.3 Å². The molecule has 2 N–H and O–H groups in total. The van der Waals surface area contributed by atoms with Gasteiger partial charge in [0, 0.05) is 11.3 Å². The predicted octanol–water partition coefficient (Wildman–Crippen LogP) is 4.36. The van der Waals surface area contributed by atoms with E-state index in [4.69, 9.17) is 9.47 Å². The Morgan fingerprint density at radius 1 is 0.828 bits per heavy atom. The maximum absolute atomic E-state index is 12.4. The first-order valence-corrected chi connectivity index (χ1v) is 9.18. The van der Waals surface area contributed by atoms with Gasteiger partial charge in [0.1, 0.15) is 11.5 Å². The Hall–Kier alpha value is -3.80. The van der Waals surface area contributed by atoms with Crippen molar-refractivity contribution >= 4 is 23.2 Å². The van der Waals surface area contributed by atoms with E-state index in [1.165, 1.54) is 0 Å². The first-order chi connectivity index (χ1) is 14.2. The van der Waals surface area contributed by atoms with Crippen LogP contribution in [0.25, 0.3) is 0 Å². The van der Waals surface area contributed by atoms with Crippen LogP contribution in [0, 0.1) is 0 Å². The molecule has 2 amide bonds. The summed E-state index contributed by atoms with van der Waals surface area (Å²) in [5.74, 6) is 0.893. The maximum atomic E-state index is 12.4. The van der Waals surface area contributed by atoms with Crippen molar-refractivity contribution in [3.63, 3.8) is 0 Å². The third kappa shape index (κ3) is 5.84. The Balaban J connectivity index is 1.50. The Labute approximate surface area is 169 Å². The van der Waals surface area contributed by atoms with Gasteiger partial charge < -0.3 is 20.1 Å². The van der Waals surface area contributed by atoms with Crippen molar-refractivity contribution in [2.24, 2.45) is 0 Å². The number of hydrogen-bond acceptors (Lipinski definition) is 4. The van der Waals surface area contributed by atoms with Crippen molar-refractivity contribution < 1.29 is 19.1 Å². The molecule has 0 heterocycles. The van der Waals surface area contributed by atoms with E-state index in [0.29, 0.717) is 22.7 Å². The third-order valence-corrected chi connectivity index (χ3v) is 4.13. The number of hydrogen-bond donors (Lipinski definition) is 2. The number of carbonyl (C=O) groups is 2. The lowest BCUT2D eigenvalue weighted by Gasteiger charge is -2.10. The van der Waals surface area contributed by atoms with Crippen LogP contribution in [-0.4, -0.2) is 25.5 Å². The van der Waals surface area contributed by atoms with E-state index in [2.05, 4.69) is 10.6 Å². The highest BCUT2D eigenvalue weighted by Crippen LogP contribution is 2.23. The third-order valence-electron chi connectivity index (χ3n) is 4.13. The number of anilines is 2. The van der Waals surface area contributed by atoms with E-state index in [-0.39, 0.29) is 24.8 Å². The molecular formula is C23H22N2O4. The van der Waals surface area contributed by atoms with Crippen LogP contribution in [0.2, 0.25) is 0 Å². The lowest BCUT2D eigenvalue weighted by atomic mass is 10.2. The molecular weight excluding hydrogens is 368 g/mol. The minimum atomic E-state index is -0.261. The van der Waals surface area contributed by atoms with Crippen molar-refractivity contribution in [3.8, 4) is 11.5 Å². The largest absolute Gasteiger partial charge is 0.495 e. The molecule has 0 aliphatic heterocycles. The minimum Gasteiger partial charge on any atom is -0.495 e. The average molecular weight is 390 g/mol. The van der Waals surface area contributed by atoms with Crippen molar-refractivity contribution in [2.45, 2.75) is 6.42 Å². The number of ether oxygens (including phenoxy) is 2. The quantitative estimate of drug-likeness (QED) is 0.599. The van der Waals surface area contributed by atoms with Gasteiger partial charge in [0.2, 0.25) is 5.91 Å². The molecule has 6 nitrogen and oxygen atoms in total. The molecule has 6 heteroatoms. The van der Waals surface area contributed by atoms with Gasteiger partial charge in [0.15, 0.2) is 0 Å². The van der Waals surface area contributed by atoms with Crippen LogP contribution in [0.5, 0.6) is 11.5 Å². The SMILES string of the molecule is COc1ccccc1NC(=O)c1ccc(NC(=O)CCOc2ccccc2)cc1. The highest BCUT2D eigenvalue weighted by atomic mass is 16.5. The first-order valence-electron chi connectivity index (χ1n) is 9.18. The van der Waals surface area contributed by atoms with E-state index < -0.39 is 0 Å². The van der Waals surface area contributed by atoms with Crippen LogP contribution >= 0.6 is 0 Å². The lowest BCUT2D eigenvalue weighted by molar-refractivity contribution is -0.116. The summed E-state index contributed by atoms with van der Waals surface area (Å²) < 4.78 is 10.7. The van der Waals surface area contributed by atoms with E-state index in [9.17, 15) is 9.59 Å². The number of methoxy groups -OCH3 is 1. The fourth-order valence-corrected chi connectivity index (χ4v) is 2.65. The summed E-state index contributed by atoms with van der Waals surface area (Å²) in [4.78, 5) is 24.5. The smallest absolute Gasteiger partial charge is 0.255 e. The standard InChI is InChI=1S/C23H22N2O4/c1-28-21-10-6-5-9-20(21)25-23(27)17-11-13-18(14-12-17)24-22(26)15-16-29-19-7-3-2-4-8-19/h2-14H,15-16H2,1H3,(H,24,26)(H,25,27). The van der Waals surface area contributed by atoms with Gasteiger partial charge in [-0.25, -0.2) is 0 Å². The van der Waals surface area contributed by atoms with Crippen molar-refractivity contribution in [1.82, 2.24) is 0 Å². The second-order valence-electron chi connectivity index (χ2n) is 6.19. The van der Waals surface area contributed by atoms with Crippen LogP contribution in [0.15, 0.2) is 78.9 Å². The van der Waals surface area contributed by atoms with Gasteiger partial charge in [-0.05, 0) is 48.5 Å². The number of nitrogens with one attached hydrogen (secondary N) is 2. The van der Waals surface area contributed by atoms with E-state index >= 15 is 0 Å². The monoisotopic (exact) mass is 390 g/mol. The van der Waals surface area contributed by atoms with Crippen LogP contribution in [0.3, 0.4) is 0 Å². The zero-order valence-corrected chi connectivity index (χ0v) is 16.1. The zero-order valence-electron chi connectivity index (χ0n) is 16.1. The van der Waals surface area contributed by atoms with Crippen LogP contribution in [0.4, 0.5) is 11.4 Å². The topological polar surface area (TPSA) is 76.7 Å². The molecule has 0 bridgehead atoms. The Morgan fingerprint density at radius 2 is 1.52 bits per heavy atom. The van der Waals surface area contributed by atoms with Crippen molar-refractivity contribution in [2.75, 3.05) is 24.4 Å². The van der Waals surface area contributed by atoms with Gasteiger partial charge in [0.05, 0.1) is 25.8 Å².